The number of anilines is 2. The third-order valence-electron chi connectivity index (χ3n) is 6.75. The van der Waals surface area contributed by atoms with Crippen molar-refractivity contribution < 1.29 is 17.6 Å². The molecule has 0 radical (unpaired) electrons. The maximum Gasteiger partial charge on any atom is 0.317 e. The Morgan fingerprint density at radius 2 is 1.53 bits per heavy atom. The van der Waals surface area contributed by atoms with Gasteiger partial charge in [0.05, 0.1) is 22.8 Å². The third kappa shape index (κ3) is 4.82. The number of aromatic nitrogens is 2. The number of rotatable bonds is 5. The van der Waals surface area contributed by atoms with E-state index in [9.17, 15) is 13.2 Å². The predicted octanol–water partition coefficient (Wildman–Crippen LogP) is 3.37. The topological polar surface area (TPSA) is 118 Å². The summed E-state index contributed by atoms with van der Waals surface area (Å²) in [5.74, 6) is 0.365. The van der Waals surface area contributed by atoms with Crippen LogP contribution in [-0.2, 0) is 21.1 Å². The molecule has 3 heterocycles. The van der Waals surface area contributed by atoms with E-state index < -0.39 is 16.0 Å². The molecule has 38 heavy (non-hydrogen) atoms. The van der Waals surface area contributed by atoms with Gasteiger partial charge in [0, 0.05) is 36.3 Å². The summed E-state index contributed by atoms with van der Waals surface area (Å²) in [7, 11) is -3.01. The number of hydrogen-bond donors (Lipinski definition) is 1. The van der Waals surface area contributed by atoms with Crippen molar-refractivity contribution >= 4 is 33.0 Å². The Morgan fingerprint density at radius 3 is 2.32 bits per heavy atom. The van der Waals surface area contributed by atoms with Crippen LogP contribution in [-0.4, -0.2) is 60.9 Å². The molecule has 1 N–H and O–H groups in total. The van der Waals surface area contributed by atoms with E-state index in [4.69, 9.17) is 9.41 Å². The lowest BCUT2D eigenvalue weighted by atomic mass is 9.96. The smallest absolute Gasteiger partial charge is 0.317 e. The van der Waals surface area contributed by atoms with E-state index in [1.54, 1.807) is 0 Å². The Balaban J connectivity index is 1.30. The summed E-state index contributed by atoms with van der Waals surface area (Å²) >= 11 is 0. The summed E-state index contributed by atoms with van der Waals surface area (Å²) < 4.78 is 29.7. The zero-order valence-electron chi connectivity index (χ0n) is 20.4. The SMILES string of the molecule is O=C1Cc2ccccc2C(c2ccccc2)=NC1Nc1nnc(-c2ccccc2N2CCS(=O)(=O)CC2)o1. The van der Waals surface area contributed by atoms with Crippen LogP contribution in [0.5, 0.6) is 0 Å². The van der Waals surface area contributed by atoms with Gasteiger partial charge in [0.2, 0.25) is 0 Å². The lowest BCUT2D eigenvalue weighted by molar-refractivity contribution is -0.119. The molecule has 10 heteroatoms. The fraction of sp³-hybridized carbons (Fsp3) is 0.214. The number of ketones is 1. The van der Waals surface area contributed by atoms with Gasteiger partial charge in [-0.2, -0.15) is 0 Å². The first-order valence-electron chi connectivity index (χ1n) is 12.4. The summed E-state index contributed by atoms with van der Waals surface area (Å²) in [5.41, 5.74) is 4.97. The highest BCUT2D eigenvalue weighted by atomic mass is 32.2. The van der Waals surface area contributed by atoms with Crippen molar-refractivity contribution in [3.63, 3.8) is 0 Å². The average molecular weight is 528 g/mol. The Morgan fingerprint density at radius 1 is 0.842 bits per heavy atom. The predicted molar refractivity (Wildman–Crippen MR) is 145 cm³/mol. The van der Waals surface area contributed by atoms with Gasteiger partial charge in [0.25, 0.3) is 5.89 Å². The van der Waals surface area contributed by atoms with Crippen LogP contribution in [0.25, 0.3) is 11.5 Å². The zero-order valence-corrected chi connectivity index (χ0v) is 21.3. The minimum atomic E-state index is -3.01. The van der Waals surface area contributed by atoms with E-state index in [1.165, 1.54) is 0 Å². The van der Waals surface area contributed by atoms with Crippen LogP contribution >= 0.6 is 0 Å². The van der Waals surface area contributed by atoms with Crippen molar-refractivity contribution in [1.29, 1.82) is 0 Å². The Kier molecular flexibility index (Phi) is 6.24. The molecule has 1 saturated heterocycles. The molecule has 4 aromatic rings. The number of Topliss-reactive ketones (excluding diaryl/α,β-unsaturated/α-hetero) is 1. The number of nitrogens with zero attached hydrogens (tertiary/aromatic N) is 4. The highest BCUT2D eigenvalue weighted by Gasteiger charge is 2.28. The Hall–Kier alpha value is -4.31. The van der Waals surface area contributed by atoms with Crippen molar-refractivity contribution in [1.82, 2.24) is 10.2 Å². The molecule has 1 unspecified atom stereocenters. The van der Waals surface area contributed by atoms with Crippen molar-refractivity contribution in [2.75, 3.05) is 34.8 Å². The van der Waals surface area contributed by atoms with Crippen molar-refractivity contribution in [2.24, 2.45) is 4.99 Å². The summed E-state index contributed by atoms with van der Waals surface area (Å²) in [6, 6.07) is 25.1. The highest BCUT2D eigenvalue weighted by Crippen LogP contribution is 2.32. The monoisotopic (exact) mass is 527 g/mol. The molecule has 3 aromatic carbocycles. The molecule has 0 amide bonds. The molecule has 9 nitrogen and oxygen atoms in total. The van der Waals surface area contributed by atoms with Crippen LogP contribution in [0.1, 0.15) is 16.7 Å². The molecule has 1 aromatic heterocycles. The van der Waals surface area contributed by atoms with Crippen LogP contribution in [0, 0.1) is 0 Å². The molecular formula is C28H25N5O4S. The molecule has 1 fully saturated rings. The summed E-state index contributed by atoms with van der Waals surface area (Å²) in [6.45, 7) is 0.791. The van der Waals surface area contributed by atoms with Gasteiger partial charge in [-0.25, -0.2) is 8.42 Å². The van der Waals surface area contributed by atoms with Crippen LogP contribution in [0.4, 0.5) is 11.7 Å². The number of benzene rings is 3. The van der Waals surface area contributed by atoms with Crippen LogP contribution < -0.4 is 10.2 Å². The number of sulfone groups is 1. The fourth-order valence-corrected chi connectivity index (χ4v) is 5.99. The second kappa shape index (κ2) is 9.86. The molecule has 0 bridgehead atoms. The minimum Gasteiger partial charge on any atom is -0.403 e. The van der Waals surface area contributed by atoms with Gasteiger partial charge in [-0.3, -0.25) is 9.79 Å². The van der Waals surface area contributed by atoms with E-state index in [1.807, 2.05) is 83.8 Å². The maximum atomic E-state index is 13.2. The number of carbonyl (C=O) groups is 1. The van der Waals surface area contributed by atoms with Crippen molar-refractivity contribution in [2.45, 2.75) is 12.6 Å². The summed E-state index contributed by atoms with van der Waals surface area (Å²) in [4.78, 5) is 20.1. The van der Waals surface area contributed by atoms with Crippen LogP contribution in [0.15, 0.2) is 88.3 Å². The Bertz CT molecular complexity index is 1620. The largest absolute Gasteiger partial charge is 0.403 e. The maximum absolute atomic E-state index is 13.2. The molecule has 6 rings (SSSR count). The van der Waals surface area contributed by atoms with E-state index in [-0.39, 0.29) is 35.6 Å². The Labute approximate surface area is 220 Å². The normalized spacial score (nSPS) is 18.8. The first-order valence-corrected chi connectivity index (χ1v) is 14.2. The molecule has 2 aliphatic heterocycles. The molecule has 0 spiro atoms. The standard InChI is InChI=1S/C28H25N5O4S/c34-24-18-20-10-4-5-11-21(20)25(19-8-2-1-3-9-19)29-26(24)30-28-32-31-27(37-28)22-12-6-7-13-23(22)33-14-16-38(35,36)17-15-33/h1-13,26H,14-18H2,(H,30,32). The third-order valence-corrected chi connectivity index (χ3v) is 8.36. The summed E-state index contributed by atoms with van der Waals surface area (Å²) in [5, 5.41) is 11.4. The number of para-hydroxylation sites is 1. The van der Waals surface area contributed by atoms with Gasteiger partial charge in [0.1, 0.15) is 0 Å². The zero-order chi connectivity index (χ0) is 26.1. The van der Waals surface area contributed by atoms with Gasteiger partial charge in [-0.05, 0) is 17.7 Å². The quantitative estimate of drug-likeness (QED) is 0.420. The van der Waals surface area contributed by atoms with Gasteiger partial charge in [0.15, 0.2) is 21.8 Å². The van der Waals surface area contributed by atoms with E-state index in [0.717, 1.165) is 28.1 Å². The van der Waals surface area contributed by atoms with Gasteiger partial charge < -0.3 is 14.6 Å². The lowest BCUT2D eigenvalue weighted by Crippen LogP contribution is -2.40. The second-order valence-electron chi connectivity index (χ2n) is 9.26. The lowest BCUT2D eigenvalue weighted by Gasteiger charge is -2.29. The highest BCUT2D eigenvalue weighted by molar-refractivity contribution is 7.91. The van der Waals surface area contributed by atoms with Gasteiger partial charge in [-0.15, -0.1) is 5.10 Å². The number of nitrogens with one attached hydrogen (secondary N) is 1. The molecule has 2 aliphatic rings. The number of hydrogen-bond acceptors (Lipinski definition) is 9. The minimum absolute atomic E-state index is 0.0801. The molecule has 0 saturated carbocycles. The van der Waals surface area contributed by atoms with Gasteiger partial charge >= 0.3 is 6.01 Å². The summed E-state index contributed by atoms with van der Waals surface area (Å²) in [6.07, 6.45) is -0.691. The van der Waals surface area contributed by atoms with Crippen molar-refractivity contribution in [3.8, 4) is 11.5 Å². The van der Waals surface area contributed by atoms with E-state index in [0.29, 0.717) is 18.7 Å². The number of aliphatic imine (C=N–C) groups is 1. The fourth-order valence-electron chi connectivity index (χ4n) is 4.79. The second-order valence-corrected chi connectivity index (χ2v) is 11.6. The van der Waals surface area contributed by atoms with Gasteiger partial charge in [-0.1, -0.05) is 71.8 Å². The number of fused-ring (bicyclic) bond motifs is 1. The first-order chi connectivity index (χ1) is 18.5. The van der Waals surface area contributed by atoms with Crippen LogP contribution in [0.3, 0.4) is 0 Å². The van der Waals surface area contributed by atoms with Crippen molar-refractivity contribution in [3.05, 3.63) is 95.6 Å². The molecule has 192 valence electrons. The van der Waals surface area contributed by atoms with E-state index >= 15 is 0 Å². The van der Waals surface area contributed by atoms with Crippen LogP contribution in [0.2, 0.25) is 0 Å². The molecular weight excluding hydrogens is 502 g/mol. The first kappa shape index (κ1) is 24.1. The molecule has 0 aliphatic carbocycles. The van der Waals surface area contributed by atoms with E-state index in [2.05, 4.69) is 15.5 Å². The number of carbonyl (C=O) groups excluding carboxylic acids is 1. The molecule has 1 atom stereocenters. The average Bonchev–Trinajstić information content (AvgIpc) is 3.35.